The molecule has 0 radical (unpaired) electrons. The van der Waals surface area contributed by atoms with Crippen molar-refractivity contribution >= 4 is 11.9 Å². The Morgan fingerprint density at radius 3 is 2.13 bits per heavy atom. The predicted molar refractivity (Wildman–Crippen MR) is 76.0 cm³/mol. The van der Waals surface area contributed by atoms with Crippen LogP contribution < -0.4 is 4.74 Å². The standard InChI is InChI=1S/C15H18F3NO4/c1-14(2,13(22)19(3)9-8-12(20)21)10-4-6-11(7-5-10)23-15(16,17)18/h4-7H,8-9H2,1-3H3,(H,20,21). The summed E-state index contributed by atoms with van der Waals surface area (Å²) in [6, 6.07) is 5.03. The van der Waals surface area contributed by atoms with E-state index >= 15 is 0 Å². The summed E-state index contributed by atoms with van der Waals surface area (Å²) >= 11 is 0. The number of ether oxygens (including phenoxy) is 1. The van der Waals surface area contributed by atoms with Gasteiger partial charge < -0.3 is 14.7 Å². The number of hydrogen-bond donors (Lipinski definition) is 1. The molecule has 128 valence electrons. The van der Waals surface area contributed by atoms with Gasteiger partial charge >= 0.3 is 12.3 Å². The smallest absolute Gasteiger partial charge is 0.481 e. The summed E-state index contributed by atoms with van der Waals surface area (Å²) in [6.45, 7) is 3.28. The minimum Gasteiger partial charge on any atom is -0.481 e. The fourth-order valence-electron chi connectivity index (χ4n) is 2.04. The molecule has 0 fully saturated rings. The van der Waals surface area contributed by atoms with Crippen LogP contribution in [0.15, 0.2) is 24.3 Å². The van der Waals surface area contributed by atoms with Gasteiger partial charge in [0.25, 0.3) is 0 Å². The zero-order chi connectivity index (χ0) is 17.8. The van der Waals surface area contributed by atoms with Crippen LogP contribution >= 0.6 is 0 Å². The number of likely N-dealkylation sites (N-methyl/N-ethyl adjacent to an activating group) is 1. The number of carboxylic acid groups (broad SMARTS) is 1. The zero-order valence-corrected chi connectivity index (χ0v) is 13.0. The maximum atomic E-state index is 12.4. The highest BCUT2D eigenvalue weighted by molar-refractivity contribution is 5.87. The molecule has 0 heterocycles. The number of aliphatic carboxylic acids is 1. The van der Waals surface area contributed by atoms with Gasteiger partial charge in [0, 0.05) is 13.6 Å². The van der Waals surface area contributed by atoms with Crippen LogP contribution in [0, 0.1) is 0 Å². The largest absolute Gasteiger partial charge is 0.573 e. The van der Waals surface area contributed by atoms with Crippen molar-refractivity contribution in [3.63, 3.8) is 0 Å². The van der Waals surface area contributed by atoms with Crippen molar-refractivity contribution in [1.29, 1.82) is 0 Å². The number of carbonyl (C=O) groups is 2. The van der Waals surface area contributed by atoms with E-state index in [1.54, 1.807) is 13.8 Å². The fraction of sp³-hybridized carbons (Fsp3) is 0.467. The van der Waals surface area contributed by atoms with Crippen molar-refractivity contribution in [2.75, 3.05) is 13.6 Å². The van der Waals surface area contributed by atoms with Gasteiger partial charge in [0.2, 0.25) is 5.91 Å². The molecule has 1 N–H and O–H groups in total. The Morgan fingerprint density at radius 1 is 1.17 bits per heavy atom. The average Bonchev–Trinajstić information content (AvgIpc) is 2.42. The molecule has 0 aliphatic carbocycles. The third-order valence-corrected chi connectivity index (χ3v) is 3.35. The molecule has 1 rings (SSSR count). The first kappa shape index (κ1) is 18.8. The van der Waals surface area contributed by atoms with Crippen molar-refractivity contribution in [3.05, 3.63) is 29.8 Å². The van der Waals surface area contributed by atoms with Gasteiger partial charge in [-0.3, -0.25) is 9.59 Å². The number of carboxylic acids is 1. The lowest BCUT2D eigenvalue weighted by Crippen LogP contribution is -2.42. The van der Waals surface area contributed by atoms with Crippen molar-refractivity contribution in [1.82, 2.24) is 4.90 Å². The van der Waals surface area contributed by atoms with Crippen LogP contribution in [-0.4, -0.2) is 41.8 Å². The minimum atomic E-state index is -4.77. The Balaban J connectivity index is 2.86. The molecule has 0 spiro atoms. The van der Waals surface area contributed by atoms with Gasteiger partial charge in [-0.25, -0.2) is 0 Å². The fourth-order valence-corrected chi connectivity index (χ4v) is 2.04. The molecule has 0 bridgehead atoms. The summed E-state index contributed by atoms with van der Waals surface area (Å²) in [4.78, 5) is 24.3. The molecule has 8 heteroatoms. The number of amides is 1. The number of alkyl halides is 3. The summed E-state index contributed by atoms with van der Waals surface area (Å²) in [7, 11) is 1.48. The third-order valence-electron chi connectivity index (χ3n) is 3.35. The predicted octanol–water partition coefficient (Wildman–Crippen LogP) is 2.80. The molecular formula is C15H18F3NO4. The lowest BCUT2D eigenvalue weighted by Gasteiger charge is -2.29. The Hall–Kier alpha value is -2.25. The Bertz CT molecular complexity index is 567. The van der Waals surface area contributed by atoms with Gasteiger partial charge in [0.1, 0.15) is 5.75 Å². The Labute approximate surface area is 131 Å². The van der Waals surface area contributed by atoms with Gasteiger partial charge in [-0.05, 0) is 31.5 Å². The lowest BCUT2D eigenvalue weighted by molar-refractivity contribution is -0.274. The average molecular weight is 333 g/mol. The van der Waals surface area contributed by atoms with E-state index in [2.05, 4.69) is 4.74 Å². The minimum absolute atomic E-state index is 0.0485. The topological polar surface area (TPSA) is 66.8 Å². The number of hydrogen-bond acceptors (Lipinski definition) is 3. The second-order valence-electron chi connectivity index (χ2n) is 5.57. The van der Waals surface area contributed by atoms with Crippen molar-refractivity contribution in [2.24, 2.45) is 0 Å². The van der Waals surface area contributed by atoms with Crippen LogP contribution in [0.1, 0.15) is 25.8 Å². The molecule has 1 aromatic carbocycles. The van der Waals surface area contributed by atoms with E-state index in [0.717, 1.165) is 12.1 Å². The van der Waals surface area contributed by atoms with Crippen molar-refractivity contribution in [3.8, 4) is 5.75 Å². The Morgan fingerprint density at radius 2 is 1.70 bits per heavy atom. The molecule has 0 unspecified atom stereocenters. The molecule has 0 saturated carbocycles. The first-order chi connectivity index (χ1) is 10.4. The van der Waals surface area contributed by atoms with Crippen molar-refractivity contribution in [2.45, 2.75) is 32.0 Å². The highest BCUT2D eigenvalue weighted by atomic mass is 19.4. The van der Waals surface area contributed by atoms with Gasteiger partial charge in [0.15, 0.2) is 0 Å². The van der Waals surface area contributed by atoms with Crippen LogP contribution in [0.25, 0.3) is 0 Å². The number of halogens is 3. The van der Waals surface area contributed by atoms with E-state index in [0.29, 0.717) is 5.56 Å². The van der Waals surface area contributed by atoms with Crippen LogP contribution in [0.5, 0.6) is 5.75 Å². The molecule has 0 atom stereocenters. The molecule has 1 amide bonds. The highest BCUT2D eigenvalue weighted by Crippen LogP contribution is 2.29. The van der Waals surface area contributed by atoms with Crippen LogP contribution in [0.2, 0.25) is 0 Å². The summed E-state index contributed by atoms with van der Waals surface area (Å²) in [5, 5.41) is 8.64. The second-order valence-corrected chi connectivity index (χ2v) is 5.57. The normalized spacial score (nSPS) is 11.9. The van der Waals surface area contributed by atoms with E-state index < -0.39 is 17.7 Å². The lowest BCUT2D eigenvalue weighted by atomic mass is 9.83. The monoisotopic (exact) mass is 333 g/mol. The molecule has 0 saturated heterocycles. The first-order valence-electron chi connectivity index (χ1n) is 6.77. The van der Waals surface area contributed by atoms with Crippen molar-refractivity contribution < 1.29 is 32.6 Å². The summed E-state index contributed by atoms with van der Waals surface area (Å²) in [5.74, 6) is -1.72. The number of rotatable bonds is 6. The van der Waals surface area contributed by atoms with Gasteiger partial charge in [-0.15, -0.1) is 13.2 Å². The second kappa shape index (κ2) is 6.89. The Kier molecular flexibility index (Phi) is 5.63. The molecule has 23 heavy (non-hydrogen) atoms. The maximum Gasteiger partial charge on any atom is 0.573 e. The van der Waals surface area contributed by atoms with Gasteiger partial charge in [-0.2, -0.15) is 0 Å². The summed E-state index contributed by atoms with van der Waals surface area (Å²) < 4.78 is 40.2. The zero-order valence-electron chi connectivity index (χ0n) is 13.0. The van der Waals surface area contributed by atoms with E-state index in [4.69, 9.17) is 5.11 Å². The summed E-state index contributed by atoms with van der Waals surface area (Å²) in [6.07, 6.45) is -4.96. The molecule has 0 aliphatic rings. The molecule has 5 nitrogen and oxygen atoms in total. The van der Waals surface area contributed by atoms with E-state index in [1.807, 2.05) is 0 Å². The van der Waals surface area contributed by atoms with Crippen LogP contribution in [0.4, 0.5) is 13.2 Å². The number of carbonyl (C=O) groups excluding carboxylic acids is 1. The molecule has 0 aromatic heterocycles. The first-order valence-corrected chi connectivity index (χ1v) is 6.77. The number of benzene rings is 1. The van der Waals surface area contributed by atoms with E-state index in [-0.39, 0.29) is 24.6 Å². The quantitative estimate of drug-likeness (QED) is 0.869. The van der Waals surface area contributed by atoms with Gasteiger partial charge in [0.05, 0.1) is 11.8 Å². The molecule has 1 aromatic rings. The highest BCUT2D eigenvalue weighted by Gasteiger charge is 2.34. The molecular weight excluding hydrogens is 315 g/mol. The molecule has 0 aliphatic heterocycles. The van der Waals surface area contributed by atoms with Crippen LogP contribution in [-0.2, 0) is 15.0 Å². The third kappa shape index (κ3) is 5.46. The van der Waals surface area contributed by atoms with E-state index in [9.17, 15) is 22.8 Å². The van der Waals surface area contributed by atoms with Gasteiger partial charge in [-0.1, -0.05) is 12.1 Å². The van der Waals surface area contributed by atoms with Crippen LogP contribution in [0.3, 0.4) is 0 Å². The summed E-state index contributed by atoms with van der Waals surface area (Å²) in [5.41, 5.74) is -0.511. The number of nitrogens with zero attached hydrogens (tertiary/aromatic N) is 1. The SMILES string of the molecule is CN(CCC(=O)O)C(=O)C(C)(C)c1ccc(OC(F)(F)F)cc1. The van der Waals surface area contributed by atoms with E-state index in [1.165, 1.54) is 24.1 Å². The maximum absolute atomic E-state index is 12.4.